The van der Waals surface area contributed by atoms with Crippen LogP contribution in [0.1, 0.15) is 43.7 Å². The van der Waals surface area contributed by atoms with E-state index < -0.39 is 0 Å². The van der Waals surface area contributed by atoms with Gasteiger partial charge in [-0.05, 0) is 51.0 Å². The number of nitrogens with zero attached hydrogens (tertiary/aromatic N) is 1. The van der Waals surface area contributed by atoms with Crippen LogP contribution in [0.3, 0.4) is 0 Å². The normalized spacial score (nSPS) is 11.1. The van der Waals surface area contributed by atoms with Gasteiger partial charge in [-0.2, -0.15) is 0 Å². The summed E-state index contributed by atoms with van der Waals surface area (Å²) in [4.78, 5) is 16.3. The van der Waals surface area contributed by atoms with Crippen LogP contribution in [0.25, 0.3) is 0 Å². The third-order valence-electron chi connectivity index (χ3n) is 3.16. The maximum Gasteiger partial charge on any atom is 0.270 e. The highest BCUT2D eigenvalue weighted by molar-refractivity contribution is 5.93. The van der Waals surface area contributed by atoms with E-state index in [0.29, 0.717) is 5.69 Å². The van der Waals surface area contributed by atoms with Gasteiger partial charge in [0.15, 0.2) is 0 Å². The minimum absolute atomic E-state index is 0.167. The lowest BCUT2D eigenvalue weighted by molar-refractivity contribution is 0.0914. The van der Waals surface area contributed by atoms with E-state index in [1.807, 2.05) is 45.0 Å². The van der Waals surface area contributed by atoms with Crippen molar-refractivity contribution in [1.82, 2.24) is 10.3 Å². The Bertz CT molecular complexity index is 659. The van der Waals surface area contributed by atoms with Gasteiger partial charge in [0.05, 0.1) is 0 Å². The molecular weight excluding hydrogens is 274 g/mol. The van der Waals surface area contributed by atoms with Gasteiger partial charge < -0.3 is 10.6 Å². The summed E-state index contributed by atoms with van der Waals surface area (Å²) >= 11 is 0. The lowest BCUT2D eigenvalue weighted by Crippen LogP contribution is -2.40. The number of amides is 1. The molecule has 0 aliphatic heterocycles. The van der Waals surface area contributed by atoms with E-state index in [0.717, 1.165) is 17.8 Å². The molecule has 0 atom stereocenters. The number of anilines is 2. The van der Waals surface area contributed by atoms with Crippen molar-refractivity contribution in [3.05, 3.63) is 53.9 Å². The number of carbonyl (C=O) groups excluding carboxylic acids is 1. The predicted molar refractivity (Wildman–Crippen MR) is 90.6 cm³/mol. The average molecular weight is 297 g/mol. The molecule has 0 spiro atoms. The molecule has 0 aliphatic carbocycles. The Hall–Kier alpha value is -2.36. The van der Waals surface area contributed by atoms with Crippen molar-refractivity contribution < 1.29 is 4.79 Å². The molecule has 22 heavy (non-hydrogen) atoms. The van der Waals surface area contributed by atoms with Gasteiger partial charge in [0, 0.05) is 23.1 Å². The van der Waals surface area contributed by atoms with E-state index in [1.165, 1.54) is 5.56 Å². The fraction of sp³-hybridized carbons (Fsp3) is 0.333. The van der Waals surface area contributed by atoms with Crippen molar-refractivity contribution >= 4 is 17.3 Å². The summed E-state index contributed by atoms with van der Waals surface area (Å²) in [6.07, 6.45) is 2.60. The highest BCUT2D eigenvalue weighted by Gasteiger charge is 2.16. The Kier molecular flexibility index (Phi) is 4.81. The van der Waals surface area contributed by atoms with E-state index in [1.54, 1.807) is 12.3 Å². The van der Waals surface area contributed by atoms with Crippen LogP contribution in [-0.2, 0) is 6.42 Å². The van der Waals surface area contributed by atoms with Crippen LogP contribution in [0, 0.1) is 0 Å². The zero-order chi connectivity index (χ0) is 16.2. The minimum atomic E-state index is -0.281. The first-order chi connectivity index (χ1) is 10.4. The van der Waals surface area contributed by atoms with Crippen molar-refractivity contribution in [1.29, 1.82) is 0 Å². The molecule has 1 aromatic heterocycles. The van der Waals surface area contributed by atoms with Crippen LogP contribution in [0.4, 0.5) is 11.4 Å². The summed E-state index contributed by atoms with van der Waals surface area (Å²) < 4.78 is 0. The Morgan fingerprint density at radius 3 is 2.59 bits per heavy atom. The Labute approximate surface area is 132 Å². The summed E-state index contributed by atoms with van der Waals surface area (Å²) in [7, 11) is 0. The number of rotatable bonds is 4. The molecule has 0 bridgehead atoms. The number of pyridine rings is 1. The predicted octanol–water partition coefficient (Wildman–Crippen LogP) is 3.92. The maximum atomic E-state index is 12.2. The lowest BCUT2D eigenvalue weighted by Gasteiger charge is -2.20. The van der Waals surface area contributed by atoms with Gasteiger partial charge in [-0.3, -0.25) is 9.78 Å². The number of aryl methyl sites for hydroxylation is 1. The monoisotopic (exact) mass is 297 g/mol. The number of hydrogen-bond donors (Lipinski definition) is 2. The molecule has 0 unspecified atom stereocenters. The third-order valence-corrected chi connectivity index (χ3v) is 3.16. The maximum absolute atomic E-state index is 12.2. The number of nitrogens with one attached hydrogen (secondary N) is 2. The largest absolute Gasteiger partial charge is 0.355 e. The topological polar surface area (TPSA) is 54.0 Å². The van der Waals surface area contributed by atoms with Gasteiger partial charge in [-0.25, -0.2) is 0 Å². The van der Waals surface area contributed by atoms with Gasteiger partial charge in [-0.15, -0.1) is 0 Å². The number of aromatic nitrogens is 1. The second-order valence-electron chi connectivity index (χ2n) is 6.27. The molecule has 0 aliphatic rings. The summed E-state index contributed by atoms with van der Waals surface area (Å²) in [5, 5.41) is 6.28. The molecule has 4 nitrogen and oxygen atoms in total. The fourth-order valence-electron chi connectivity index (χ4n) is 2.14. The molecule has 0 saturated carbocycles. The molecule has 2 rings (SSSR count). The molecular formula is C18H23N3O. The van der Waals surface area contributed by atoms with Gasteiger partial charge in [0.1, 0.15) is 5.69 Å². The summed E-state index contributed by atoms with van der Waals surface area (Å²) in [6.45, 7) is 7.97. The van der Waals surface area contributed by atoms with E-state index in [4.69, 9.17) is 0 Å². The van der Waals surface area contributed by atoms with Gasteiger partial charge in [-0.1, -0.05) is 25.1 Å². The third kappa shape index (κ3) is 4.32. The molecule has 1 aromatic carbocycles. The van der Waals surface area contributed by atoms with Gasteiger partial charge in [0.25, 0.3) is 5.91 Å². The molecule has 116 valence electrons. The van der Waals surface area contributed by atoms with Crippen molar-refractivity contribution in [2.75, 3.05) is 5.32 Å². The first-order valence-corrected chi connectivity index (χ1v) is 7.52. The van der Waals surface area contributed by atoms with Crippen LogP contribution >= 0.6 is 0 Å². The Balaban J connectivity index is 2.20. The van der Waals surface area contributed by atoms with E-state index >= 15 is 0 Å². The van der Waals surface area contributed by atoms with Crippen LogP contribution in [0.15, 0.2) is 42.6 Å². The zero-order valence-electron chi connectivity index (χ0n) is 13.6. The summed E-state index contributed by atoms with van der Waals surface area (Å²) in [5.41, 5.74) is 3.28. The molecule has 1 heterocycles. The molecule has 2 N–H and O–H groups in total. The zero-order valence-corrected chi connectivity index (χ0v) is 13.6. The number of carbonyl (C=O) groups is 1. The van der Waals surface area contributed by atoms with Crippen LogP contribution in [0.2, 0.25) is 0 Å². The highest BCUT2D eigenvalue weighted by atomic mass is 16.2. The average Bonchev–Trinajstić information content (AvgIpc) is 2.46. The molecule has 0 saturated heterocycles. The second kappa shape index (κ2) is 6.60. The first-order valence-electron chi connectivity index (χ1n) is 7.52. The van der Waals surface area contributed by atoms with Crippen molar-refractivity contribution in [2.45, 2.75) is 39.7 Å². The smallest absolute Gasteiger partial charge is 0.270 e. The molecule has 0 fully saturated rings. The van der Waals surface area contributed by atoms with Gasteiger partial charge in [0.2, 0.25) is 0 Å². The lowest BCUT2D eigenvalue weighted by atomic mass is 10.1. The van der Waals surface area contributed by atoms with Crippen LogP contribution < -0.4 is 10.6 Å². The second-order valence-corrected chi connectivity index (χ2v) is 6.27. The van der Waals surface area contributed by atoms with E-state index in [9.17, 15) is 4.79 Å². The molecule has 0 radical (unpaired) electrons. The summed E-state index contributed by atoms with van der Waals surface area (Å²) in [5.74, 6) is -0.167. The highest BCUT2D eigenvalue weighted by Crippen LogP contribution is 2.21. The Morgan fingerprint density at radius 1 is 1.18 bits per heavy atom. The molecule has 4 heteroatoms. The molecule has 2 aromatic rings. The summed E-state index contributed by atoms with van der Waals surface area (Å²) in [6, 6.07) is 11.8. The number of hydrogen-bond acceptors (Lipinski definition) is 3. The van der Waals surface area contributed by atoms with Crippen LogP contribution in [-0.4, -0.2) is 16.4 Å². The van der Waals surface area contributed by atoms with E-state index in [-0.39, 0.29) is 11.4 Å². The first kappa shape index (κ1) is 16.0. The standard InChI is InChI=1S/C18H23N3O/c1-5-13-8-6-7-9-15(13)20-14-10-11-19-16(12-14)17(22)21-18(2,3)4/h6-12H,5H2,1-4H3,(H,19,20)(H,21,22). The van der Waals surface area contributed by atoms with Crippen molar-refractivity contribution in [2.24, 2.45) is 0 Å². The van der Waals surface area contributed by atoms with Gasteiger partial charge >= 0.3 is 0 Å². The Morgan fingerprint density at radius 2 is 1.91 bits per heavy atom. The SMILES string of the molecule is CCc1ccccc1Nc1ccnc(C(=O)NC(C)(C)C)c1. The van der Waals surface area contributed by atoms with E-state index in [2.05, 4.69) is 28.6 Å². The molecule has 1 amide bonds. The van der Waals surface area contributed by atoms with Crippen molar-refractivity contribution in [3.63, 3.8) is 0 Å². The quantitative estimate of drug-likeness (QED) is 0.899. The number of benzene rings is 1. The number of para-hydroxylation sites is 1. The van der Waals surface area contributed by atoms with Crippen LogP contribution in [0.5, 0.6) is 0 Å². The minimum Gasteiger partial charge on any atom is -0.355 e. The fourth-order valence-corrected chi connectivity index (χ4v) is 2.14. The van der Waals surface area contributed by atoms with Crippen molar-refractivity contribution in [3.8, 4) is 0 Å².